The van der Waals surface area contributed by atoms with Gasteiger partial charge in [0.05, 0.1) is 12.8 Å². The molecule has 0 aliphatic carbocycles. The van der Waals surface area contributed by atoms with Crippen molar-refractivity contribution >= 4 is 50.9 Å². The predicted octanol–water partition coefficient (Wildman–Crippen LogP) is 5.27. The number of anilines is 4. The van der Waals surface area contributed by atoms with E-state index >= 15 is 0 Å². The quantitative estimate of drug-likeness (QED) is 0.427. The van der Waals surface area contributed by atoms with Crippen LogP contribution in [-0.4, -0.2) is 24.1 Å². The Balaban J connectivity index is 1.82. The van der Waals surface area contributed by atoms with Gasteiger partial charge in [0.1, 0.15) is 23.7 Å². The summed E-state index contributed by atoms with van der Waals surface area (Å²) in [5.41, 5.74) is 2.94. The largest absolute Gasteiger partial charge is 0.495 e. The summed E-state index contributed by atoms with van der Waals surface area (Å²) in [4.78, 5) is 9.68. The van der Waals surface area contributed by atoms with Gasteiger partial charge < -0.3 is 15.4 Å². The molecule has 0 fully saturated rings. The number of methoxy groups -OCH3 is 1. The van der Waals surface area contributed by atoms with E-state index in [4.69, 9.17) is 4.74 Å². The van der Waals surface area contributed by atoms with Crippen LogP contribution in [0.25, 0.3) is 0 Å². The molecule has 0 radical (unpaired) electrons. The van der Waals surface area contributed by atoms with Crippen LogP contribution in [0.3, 0.4) is 0 Å². The first-order valence-corrected chi connectivity index (χ1v) is 9.83. The maximum Gasteiger partial charge on any atom is 0.142 e. The molecule has 0 atom stereocenters. The fraction of sp³-hybridized carbons (Fsp3) is 0.158. The summed E-state index contributed by atoms with van der Waals surface area (Å²) in [5, 5.41) is 6.61. The molecule has 3 aromatic rings. The van der Waals surface area contributed by atoms with E-state index < -0.39 is 0 Å². The fourth-order valence-electron chi connectivity index (χ4n) is 2.55. The van der Waals surface area contributed by atoms with Crippen molar-refractivity contribution in [1.29, 1.82) is 0 Å². The number of benzene rings is 2. The summed E-state index contributed by atoms with van der Waals surface area (Å²) in [5.74, 6) is 2.11. The molecular formula is C19H20BrN5OS. The van der Waals surface area contributed by atoms with Gasteiger partial charge >= 0.3 is 0 Å². The highest BCUT2D eigenvalue weighted by molar-refractivity contribution is 9.10. The Morgan fingerprint density at radius 1 is 1.00 bits per heavy atom. The molecule has 3 N–H and O–H groups in total. The number of aryl methyl sites for hydroxylation is 1. The Labute approximate surface area is 171 Å². The molecule has 0 aliphatic heterocycles. The summed E-state index contributed by atoms with van der Waals surface area (Å²) in [6.45, 7) is 2.05. The van der Waals surface area contributed by atoms with Gasteiger partial charge in [0.25, 0.3) is 0 Å². The molecule has 2 aromatic carbocycles. The van der Waals surface area contributed by atoms with Gasteiger partial charge in [0.2, 0.25) is 0 Å². The van der Waals surface area contributed by atoms with Gasteiger partial charge in [0.15, 0.2) is 0 Å². The normalized spacial score (nSPS) is 10.5. The van der Waals surface area contributed by atoms with Gasteiger partial charge in [-0.15, -0.1) is 0 Å². The third-order valence-electron chi connectivity index (χ3n) is 3.64. The molecular weight excluding hydrogens is 426 g/mol. The number of hydrogen-bond acceptors (Lipinski definition) is 7. The van der Waals surface area contributed by atoms with E-state index in [1.54, 1.807) is 7.11 Å². The molecule has 0 aliphatic rings. The third-order valence-corrected chi connectivity index (χ3v) is 4.79. The lowest BCUT2D eigenvalue weighted by Crippen LogP contribution is -2.00. The second-order valence-electron chi connectivity index (χ2n) is 5.72. The molecule has 27 heavy (non-hydrogen) atoms. The van der Waals surface area contributed by atoms with Crippen molar-refractivity contribution < 1.29 is 4.74 Å². The van der Waals surface area contributed by atoms with Gasteiger partial charge in [0, 0.05) is 21.1 Å². The summed E-state index contributed by atoms with van der Waals surface area (Å²) in [6.07, 6.45) is 1.52. The zero-order chi connectivity index (χ0) is 19.2. The molecule has 0 amide bonds. The van der Waals surface area contributed by atoms with Crippen molar-refractivity contribution in [3.8, 4) is 5.75 Å². The molecule has 3 rings (SSSR count). The van der Waals surface area contributed by atoms with E-state index in [-0.39, 0.29) is 0 Å². The van der Waals surface area contributed by atoms with Gasteiger partial charge in [-0.2, -0.15) is 0 Å². The molecule has 0 unspecified atom stereocenters. The zero-order valence-corrected chi connectivity index (χ0v) is 17.6. The monoisotopic (exact) mass is 445 g/mol. The summed E-state index contributed by atoms with van der Waals surface area (Å²) < 4.78 is 9.53. The highest BCUT2D eigenvalue weighted by Gasteiger charge is 2.08. The maximum absolute atomic E-state index is 5.45. The third kappa shape index (κ3) is 5.35. The number of hydrogen-bond donors (Lipinski definition) is 3. The lowest BCUT2D eigenvalue weighted by molar-refractivity contribution is 0.416. The van der Waals surface area contributed by atoms with Crippen LogP contribution in [0, 0.1) is 6.92 Å². The van der Waals surface area contributed by atoms with Crippen LogP contribution in [0.4, 0.5) is 23.0 Å². The van der Waals surface area contributed by atoms with E-state index in [0.29, 0.717) is 11.6 Å². The Kier molecular flexibility index (Phi) is 6.54. The first kappa shape index (κ1) is 19.5. The Hall–Kier alpha value is -2.29. The molecule has 1 aromatic heterocycles. The van der Waals surface area contributed by atoms with Gasteiger partial charge in [-0.25, -0.2) is 9.97 Å². The molecule has 0 saturated carbocycles. The van der Waals surface area contributed by atoms with Crippen LogP contribution in [-0.2, 0) is 0 Å². The van der Waals surface area contributed by atoms with Crippen LogP contribution in [0.15, 0.2) is 58.2 Å². The number of nitrogens with zero attached hydrogens (tertiary/aromatic N) is 2. The van der Waals surface area contributed by atoms with Crippen molar-refractivity contribution in [2.75, 3.05) is 24.8 Å². The fourth-order valence-corrected chi connectivity index (χ4v) is 3.71. The highest BCUT2D eigenvalue weighted by atomic mass is 79.9. The Bertz CT molecular complexity index is 917. The van der Waals surface area contributed by atoms with Gasteiger partial charge in [-0.05, 0) is 67.9 Å². The number of aromatic nitrogens is 2. The second-order valence-corrected chi connectivity index (χ2v) is 7.72. The maximum atomic E-state index is 5.45. The first-order chi connectivity index (χ1) is 13.1. The minimum absolute atomic E-state index is 0.670. The highest BCUT2D eigenvalue weighted by Crippen LogP contribution is 2.31. The molecule has 0 spiro atoms. The van der Waals surface area contributed by atoms with E-state index in [2.05, 4.69) is 53.4 Å². The molecule has 1 heterocycles. The summed E-state index contributed by atoms with van der Waals surface area (Å²) >= 11 is 5.05. The Morgan fingerprint density at radius 2 is 1.78 bits per heavy atom. The molecule has 8 heteroatoms. The van der Waals surface area contributed by atoms with Crippen LogP contribution in [0.1, 0.15) is 5.56 Å². The van der Waals surface area contributed by atoms with Crippen LogP contribution in [0.5, 0.6) is 5.75 Å². The van der Waals surface area contributed by atoms with Crippen molar-refractivity contribution in [3.05, 3.63) is 58.8 Å². The van der Waals surface area contributed by atoms with Crippen molar-refractivity contribution in [2.24, 2.45) is 0 Å². The second kappa shape index (κ2) is 9.07. The molecule has 140 valence electrons. The van der Waals surface area contributed by atoms with Crippen molar-refractivity contribution in [2.45, 2.75) is 11.8 Å². The smallest absolute Gasteiger partial charge is 0.142 e. The van der Waals surface area contributed by atoms with Crippen LogP contribution < -0.4 is 20.1 Å². The van der Waals surface area contributed by atoms with E-state index in [1.807, 2.05) is 44.3 Å². The van der Waals surface area contributed by atoms with Crippen LogP contribution >= 0.6 is 27.9 Å². The average molecular weight is 446 g/mol. The molecule has 6 nitrogen and oxygen atoms in total. The van der Waals surface area contributed by atoms with Gasteiger partial charge in [-0.3, -0.25) is 4.72 Å². The molecule has 0 saturated heterocycles. The SMILES string of the molecule is CNSc1ccc(OC)c(Nc2cc(Nc3cc(C)cc(Br)c3)ncn2)c1. The summed E-state index contributed by atoms with van der Waals surface area (Å²) in [7, 11) is 3.53. The minimum Gasteiger partial charge on any atom is -0.495 e. The van der Waals surface area contributed by atoms with E-state index in [0.717, 1.165) is 32.1 Å². The number of nitrogens with one attached hydrogen (secondary N) is 3. The zero-order valence-electron chi connectivity index (χ0n) is 15.2. The van der Waals surface area contributed by atoms with Crippen molar-refractivity contribution in [3.63, 3.8) is 0 Å². The topological polar surface area (TPSA) is 71.1 Å². The Morgan fingerprint density at radius 3 is 2.48 bits per heavy atom. The first-order valence-electron chi connectivity index (χ1n) is 8.22. The number of halogens is 1. The lowest BCUT2D eigenvalue weighted by Gasteiger charge is -2.13. The van der Waals surface area contributed by atoms with Gasteiger partial charge in [-0.1, -0.05) is 15.9 Å². The van der Waals surface area contributed by atoms with E-state index in [1.165, 1.54) is 18.3 Å². The number of rotatable bonds is 7. The lowest BCUT2D eigenvalue weighted by atomic mass is 10.2. The van der Waals surface area contributed by atoms with Crippen LogP contribution in [0.2, 0.25) is 0 Å². The average Bonchev–Trinajstić information content (AvgIpc) is 2.62. The predicted molar refractivity (Wildman–Crippen MR) is 115 cm³/mol. The standard InChI is InChI=1S/C19H20BrN5OS/c1-12-6-13(20)8-14(7-12)24-18-10-19(23-11-22-18)25-16-9-15(27-21-2)4-5-17(16)26-3/h4-11,21H,1-3H3,(H2,22,23,24,25). The molecule has 0 bridgehead atoms. The number of ether oxygens (including phenoxy) is 1. The summed E-state index contributed by atoms with van der Waals surface area (Å²) in [6, 6.07) is 13.9. The van der Waals surface area contributed by atoms with Crippen molar-refractivity contribution in [1.82, 2.24) is 14.7 Å². The minimum atomic E-state index is 0.670. The van der Waals surface area contributed by atoms with E-state index in [9.17, 15) is 0 Å².